The van der Waals surface area contributed by atoms with Gasteiger partial charge in [-0.2, -0.15) is 0 Å². The van der Waals surface area contributed by atoms with Gasteiger partial charge in [-0.15, -0.1) is 0 Å². The fraction of sp³-hybridized carbons (Fsp3) is 0.700. The number of nitrogens with one attached hydrogen (secondary N) is 1. The molecule has 92 valence electrons. The van der Waals surface area contributed by atoms with Crippen LogP contribution in [-0.2, 0) is 23.9 Å². The third-order valence-corrected chi connectivity index (χ3v) is 2.10. The van der Waals surface area contributed by atoms with Crippen LogP contribution in [0.1, 0.15) is 20.3 Å². The Balaban J connectivity index is 4.55. The lowest BCUT2D eigenvalue weighted by atomic mass is 9.98. The first-order valence-electron chi connectivity index (χ1n) is 4.84. The van der Waals surface area contributed by atoms with E-state index in [0.29, 0.717) is 0 Å². The molecule has 0 aliphatic carbocycles. The smallest absolute Gasteiger partial charge is 0.328 e. The molecule has 0 fully saturated rings. The minimum Gasteiger partial charge on any atom is -0.469 e. The Hall–Kier alpha value is -1.59. The van der Waals surface area contributed by atoms with Gasteiger partial charge in [-0.3, -0.25) is 9.59 Å². The third kappa shape index (κ3) is 4.77. The molecule has 0 aromatic carbocycles. The van der Waals surface area contributed by atoms with Crippen molar-refractivity contribution in [2.45, 2.75) is 26.3 Å². The molecular weight excluding hydrogens is 214 g/mol. The van der Waals surface area contributed by atoms with Gasteiger partial charge in [0.2, 0.25) is 5.91 Å². The zero-order valence-corrected chi connectivity index (χ0v) is 9.90. The topological polar surface area (TPSA) is 81.7 Å². The van der Waals surface area contributed by atoms with Crippen molar-refractivity contribution in [2.75, 3.05) is 14.2 Å². The molecular formula is C10H17NO5. The highest BCUT2D eigenvalue weighted by molar-refractivity contribution is 5.84. The first-order chi connectivity index (χ1) is 7.42. The zero-order valence-electron chi connectivity index (χ0n) is 9.90. The van der Waals surface area contributed by atoms with E-state index in [4.69, 9.17) is 0 Å². The summed E-state index contributed by atoms with van der Waals surface area (Å²) >= 11 is 0. The number of esters is 2. The molecule has 0 heterocycles. The van der Waals surface area contributed by atoms with Crippen LogP contribution >= 0.6 is 0 Å². The van der Waals surface area contributed by atoms with Crippen molar-refractivity contribution in [3.05, 3.63) is 0 Å². The SMILES string of the molecule is COC(=O)C[C@@H](C)[C@@H](NC(C)=O)C(=O)OC. The normalized spacial score (nSPS) is 13.5. The van der Waals surface area contributed by atoms with E-state index in [0.717, 1.165) is 0 Å². The van der Waals surface area contributed by atoms with E-state index >= 15 is 0 Å². The summed E-state index contributed by atoms with van der Waals surface area (Å²) < 4.78 is 9.03. The van der Waals surface area contributed by atoms with Gasteiger partial charge in [-0.05, 0) is 5.92 Å². The van der Waals surface area contributed by atoms with E-state index in [-0.39, 0.29) is 18.2 Å². The molecule has 0 rings (SSSR count). The Labute approximate surface area is 94.3 Å². The fourth-order valence-corrected chi connectivity index (χ4v) is 1.24. The van der Waals surface area contributed by atoms with Crippen molar-refractivity contribution in [2.24, 2.45) is 5.92 Å². The van der Waals surface area contributed by atoms with Crippen LogP contribution in [0, 0.1) is 5.92 Å². The van der Waals surface area contributed by atoms with Crippen LogP contribution in [0.5, 0.6) is 0 Å². The van der Waals surface area contributed by atoms with E-state index < -0.39 is 18.0 Å². The summed E-state index contributed by atoms with van der Waals surface area (Å²) in [6.45, 7) is 2.95. The van der Waals surface area contributed by atoms with E-state index in [1.165, 1.54) is 21.1 Å². The number of methoxy groups -OCH3 is 2. The largest absolute Gasteiger partial charge is 0.469 e. The van der Waals surface area contributed by atoms with Crippen molar-refractivity contribution in [3.8, 4) is 0 Å². The predicted molar refractivity (Wildman–Crippen MR) is 55.4 cm³/mol. The van der Waals surface area contributed by atoms with Crippen LogP contribution in [-0.4, -0.2) is 38.1 Å². The summed E-state index contributed by atoms with van der Waals surface area (Å²) in [5, 5.41) is 2.44. The molecule has 0 aromatic heterocycles. The van der Waals surface area contributed by atoms with Gasteiger partial charge >= 0.3 is 11.9 Å². The van der Waals surface area contributed by atoms with Crippen LogP contribution in [0.3, 0.4) is 0 Å². The maximum absolute atomic E-state index is 11.4. The van der Waals surface area contributed by atoms with Crippen LogP contribution in [0.4, 0.5) is 0 Å². The minimum atomic E-state index is -0.832. The second kappa shape index (κ2) is 6.81. The molecule has 2 atom stereocenters. The predicted octanol–water partition coefficient (Wildman–Crippen LogP) is -0.137. The lowest BCUT2D eigenvalue weighted by molar-refractivity contribution is -0.148. The number of carbonyl (C=O) groups is 3. The molecule has 0 aliphatic rings. The zero-order chi connectivity index (χ0) is 12.7. The van der Waals surface area contributed by atoms with Gasteiger partial charge < -0.3 is 14.8 Å². The van der Waals surface area contributed by atoms with Gasteiger partial charge in [0.05, 0.1) is 20.6 Å². The third-order valence-electron chi connectivity index (χ3n) is 2.10. The first kappa shape index (κ1) is 14.4. The molecule has 0 saturated carbocycles. The summed E-state index contributed by atoms with van der Waals surface area (Å²) in [4.78, 5) is 33.3. The van der Waals surface area contributed by atoms with Gasteiger partial charge in [0.15, 0.2) is 0 Å². The van der Waals surface area contributed by atoms with Crippen LogP contribution in [0.15, 0.2) is 0 Å². The Morgan fingerprint density at radius 1 is 1.19 bits per heavy atom. The lowest BCUT2D eigenvalue weighted by Crippen LogP contribution is -2.45. The molecule has 1 amide bonds. The Morgan fingerprint density at radius 2 is 1.75 bits per heavy atom. The van der Waals surface area contributed by atoms with Gasteiger partial charge in [-0.1, -0.05) is 6.92 Å². The lowest BCUT2D eigenvalue weighted by Gasteiger charge is -2.21. The molecule has 1 N–H and O–H groups in total. The van der Waals surface area contributed by atoms with Crippen molar-refractivity contribution in [1.29, 1.82) is 0 Å². The van der Waals surface area contributed by atoms with Crippen LogP contribution < -0.4 is 5.32 Å². The summed E-state index contributed by atoms with van der Waals surface area (Å²) in [7, 11) is 2.49. The minimum absolute atomic E-state index is 0.0382. The van der Waals surface area contributed by atoms with E-state index in [1.807, 2.05) is 0 Å². The molecule has 0 radical (unpaired) electrons. The van der Waals surface area contributed by atoms with Crippen molar-refractivity contribution in [1.82, 2.24) is 5.32 Å². The molecule has 0 aliphatic heterocycles. The number of hydrogen-bond donors (Lipinski definition) is 1. The summed E-state index contributed by atoms with van der Waals surface area (Å²) in [6.07, 6.45) is 0.0382. The van der Waals surface area contributed by atoms with Crippen molar-refractivity contribution >= 4 is 17.8 Å². The second-order valence-electron chi connectivity index (χ2n) is 3.46. The van der Waals surface area contributed by atoms with Gasteiger partial charge in [-0.25, -0.2) is 4.79 Å². The average molecular weight is 231 g/mol. The number of hydrogen-bond acceptors (Lipinski definition) is 5. The van der Waals surface area contributed by atoms with E-state index in [2.05, 4.69) is 14.8 Å². The molecule has 0 saturated heterocycles. The highest BCUT2D eigenvalue weighted by Crippen LogP contribution is 2.10. The molecule has 0 spiro atoms. The Bertz CT molecular complexity index is 276. The van der Waals surface area contributed by atoms with Gasteiger partial charge in [0.1, 0.15) is 6.04 Å². The summed E-state index contributed by atoms with van der Waals surface area (Å²) in [5.41, 5.74) is 0. The van der Waals surface area contributed by atoms with Crippen molar-refractivity contribution in [3.63, 3.8) is 0 Å². The second-order valence-corrected chi connectivity index (χ2v) is 3.46. The highest BCUT2D eigenvalue weighted by Gasteiger charge is 2.28. The molecule has 0 unspecified atom stereocenters. The van der Waals surface area contributed by atoms with Crippen LogP contribution in [0.25, 0.3) is 0 Å². The maximum Gasteiger partial charge on any atom is 0.328 e. The van der Waals surface area contributed by atoms with Crippen LogP contribution in [0.2, 0.25) is 0 Å². The Kier molecular flexibility index (Phi) is 6.14. The number of rotatable bonds is 5. The molecule has 0 aromatic rings. The summed E-state index contributed by atoms with van der Waals surface area (Å²) in [6, 6.07) is -0.832. The van der Waals surface area contributed by atoms with Gasteiger partial charge in [0, 0.05) is 6.92 Å². The quantitative estimate of drug-likeness (QED) is 0.666. The molecule has 6 nitrogen and oxygen atoms in total. The average Bonchev–Trinajstić information content (AvgIpc) is 2.24. The summed E-state index contributed by atoms with van der Waals surface area (Å²) in [5.74, 6) is -1.76. The number of amides is 1. The van der Waals surface area contributed by atoms with Gasteiger partial charge in [0.25, 0.3) is 0 Å². The Morgan fingerprint density at radius 3 is 2.12 bits per heavy atom. The highest BCUT2D eigenvalue weighted by atomic mass is 16.5. The number of ether oxygens (including phenoxy) is 2. The number of carbonyl (C=O) groups excluding carboxylic acids is 3. The fourth-order valence-electron chi connectivity index (χ4n) is 1.24. The molecule has 6 heteroatoms. The standard InChI is InChI=1S/C10H17NO5/c1-6(5-8(13)15-3)9(10(14)16-4)11-7(2)12/h6,9H,5H2,1-4H3,(H,11,12)/t6-,9-/m1/s1. The first-order valence-corrected chi connectivity index (χ1v) is 4.84. The molecule has 16 heavy (non-hydrogen) atoms. The van der Waals surface area contributed by atoms with E-state index in [1.54, 1.807) is 6.92 Å². The maximum atomic E-state index is 11.4. The molecule has 0 bridgehead atoms. The van der Waals surface area contributed by atoms with E-state index in [9.17, 15) is 14.4 Å². The van der Waals surface area contributed by atoms with Crippen molar-refractivity contribution < 1.29 is 23.9 Å². The monoisotopic (exact) mass is 231 g/mol.